The monoisotopic (exact) mass is 428 g/mol. The second kappa shape index (κ2) is 8.29. The minimum absolute atomic E-state index is 0.196. The van der Waals surface area contributed by atoms with Crippen LogP contribution in [0.15, 0.2) is 41.2 Å². The number of hydrogen-bond acceptors (Lipinski definition) is 4. The maximum atomic E-state index is 13.8. The molecular formula is C21H22F2N6O2. The van der Waals surface area contributed by atoms with Crippen LogP contribution in [-0.4, -0.2) is 43.6 Å². The number of anilines is 1. The molecule has 8 nitrogen and oxygen atoms in total. The van der Waals surface area contributed by atoms with Crippen molar-refractivity contribution in [2.75, 3.05) is 18.4 Å². The molecule has 1 aliphatic rings. The van der Waals surface area contributed by atoms with Crippen molar-refractivity contribution in [1.82, 2.24) is 24.5 Å². The van der Waals surface area contributed by atoms with E-state index in [2.05, 4.69) is 15.5 Å². The normalized spacial score (nSPS) is 14.6. The molecule has 3 heterocycles. The highest BCUT2D eigenvalue weighted by atomic mass is 19.1. The van der Waals surface area contributed by atoms with Gasteiger partial charge in [-0.25, -0.2) is 22.9 Å². The number of benzene rings is 1. The lowest BCUT2D eigenvalue weighted by atomic mass is 10.1. The van der Waals surface area contributed by atoms with E-state index in [0.717, 1.165) is 23.5 Å². The SMILES string of the molecule is Cc1cc(C)n(-c2ccc(=O)n(C3CCN(C(=O)Nc4c(F)cccc4F)CC3)n2)n1. The Kier molecular flexibility index (Phi) is 5.53. The van der Waals surface area contributed by atoms with E-state index in [1.807, 2.05) is 19.9 Å². The summed E-state index contributed by atoms with van der Waals surface area (Å²) in [5, 5.41) is 11.2. The van der Waals surface area contributed by atoms with Crippen molar-refractivity contribution in [2.45, 2.75) is 32.7 Å². The average Bonchev–Trinajstić information content (AvgIpc) is 3.09. The Hall–Kier alpha value is -3.56. The number of hydrogen-bond donors (Lipinski definition) is 1. The van der Waals surface area contributed by atoms with Gasteiger partial charge in [0.05, 0.1) is 11.7 Å². The van der Waals surface area contributed by atoms with E-state index < -0.39 is 23.4 Å². The van der Waals surface area contributed by atoms with Crippen molar-refractivity contribution in [3.05, 3.63) is 69.8 Å². The maximum Gasteiger partial charge on any atom is 0.322 e. The molecule has 1 aromatic carbocycles. The van der Waals surface area contributed by atoms with Crippen LogP contribution in [0, 0.1) is 25.5 Å². The summed E-state index contributed by atoms with van der Waals surface area (Å²) in [5.74, 6) is -1.12. The highest BCUT2D eigenvalue weighted by Gasteiger charge is 2.26. The van der Waals surface area contributed by atoms with E-state index >= 15 is 0 Å². The summed E-state index contributed by atoms with van der Waals surface area (Å²) in [6, 6.07) is 7.63. The van der Waals surface area contributed by atoms with Gasteiger partial charge in [-0.05, 0) is 51.0 Å². The van der Waals surface area contributed by atoms with Crippen molar-refractivity contribution in [1.29, 1.82) is 0 Å². The Bertz CT molecular complexity index is 1160. The Labute approximate surface area is 177 Å². The number of nitrogens with one attached hydrogen (secondary N) is 1. The Morgan fingerprint density at radius 1 is 1.06 bits per heavy atom. The van der Waals surface area contributed by atoms with E-state index in [-0.39, 0.29) is 11.6 Å². The first kappa shape index (κ1) is 20.7. The number of aromatic nitrogens is 4. The number of urea groups is 1. The van der Waals surface area contributed by atoms with Crippen LogP contribution >= 0.6 is 0 Å². The number of rotatable bonds is 3. The van der Waals surface area contributed by atoms with Gasteiger partial charge < -0.3 is 10.2 Å². The molecule has 3 aromatic rings. The third-order valence-electron chi connectivity index (χ3n) is 5.33. The summed E-state index contributed by atoms with van der Waals surface area (Å²) in [5.41, 5.74) is 1.05. The van der Waals surface area contributed by atoms with Gasteiger partial charge >= 0.3 is 6.03 Å². The van der Waals surface area contributed by atoms with Crippen LogP contribution in [0.25, 0.3) is 5.82 Å². The zero-order valence-electron chi connectivity index (χ0n) is 17.2. The van der Waals surface area contributed by atoms with Gasteiger partial charge in [-0.2, -0.15) is 5.10 Å². The number of para-hydroxylation sites is 1. The fourth-order valence-electron chi connectivity index (χ4n) is 3.77. The van der Waals surface area contributed by atoms with Gasteiger partial charge in [0.25, 0.3) is 5.56 Å². The minimum Gasteiger partial charge on any atom is -0.324 e. The van der Waals surface area contributed by atoms with Crippen molar-refractivity contribution in [3.63, 3.8) is 0 Å². The fraction of sp³-hybridized carbons (Fsp3) is 0.333. The fourth-order valence-corrected chi connectivity index (χ4v) is 3.77. The number of likely N-dealkylation sites (tertiary alicyclic amines) is 1. The zero-order chi connectivity index (χ0) is 22.1. The molecule has 2 amide bonds. The average molecular weight is 428 g/mol. The summed E-state index contributed by atoms with van der Waals surface area (Å²) < 4.78 is 30.7. The number of amides is 2. The van der Waals surface area contributed by atoms with Crippen LogP contribution in [0.3, 0.4) is 0 Å². The lowest BCUT2D eigenvalue weighted by Crippen LogP contribution is -2.43. The van der Waals surface area contributed by atoms with Crippen LogP contribution in [0.2, 0.25) is 0 Å². The quantitative estimate of drug-likeness (QED) is 0.694. The van der Waals surface area contributed by atoms with Crippen LogP contribution in [-0.2, 0) is 0 Å². The molecule has 0 bridgehead atoms. The number of halogens is 2. The Morgan fingerprint density at radius 3 is 2.35 bits per heavy atom. The van der Waals surface area contributed by atoms with Crippen molar-refractivity contribution in [3.8, 4) is 5.82 Å². The van der Waals surface area contributed by atoms with Crippen LogP contribution in [0.4, 0.5) is 19.3 Å². The number of nitrogens with zero attached hydrogens (tertiary/aromatic N) is 5. The number of aryl methyl sites for hydroxylation is 2. The summed E-state index contributed by atoms with van der Waals surface area (Å²) in [4.78, 5) is 26.3. The van der Waals surface area contributed by atoms with E-state index in [9.17, 15) is 18.4 Å². The van der Waals surface area contributed by atoms with Crippen LogP contribution < -0.4 is 10.9 Å². The van der Waals surface area contributed by atoms with E-state index in [1.54, 1.807) is 10.7 Å². The van der Waals surface area contributed by atoms with Gasteiger partial charge in [-0.15, -0.1) is 5.10 Å². The van der Waals surface area contributed by atoms with Gasteiger partial charge in [-0.1, -0.05) is 6.07 Å². The molecule has 1 saturated heterocycles. The van der Waals surface area contributed by atoms with Gasteiger partial charge in [-0.3, -0.25) is 4.79 Å². The molecule has 31 heavy (non-hydrogen) atoms. The molecule has 10 heteroatoms. The van der Waals surface area contributed by atoms with Gasteiger partial charge in [0.15, 0.2) is 5.82 Å². The highest BCUT2D eigenvalue weighted by molar-refractivity contribution is 5.89. The highest BCUT2D eigenvalue weighted by Crippen LogP contribution is 2.23. The van der Waals surface area contributed by atoms with E-state index in [4.69, 9.17) is 0 Å². The first-order valence-corrected chi connectivity index (χ1v) is 9.97. The second-order valence-electron chi connectivity index (χ2n) is 7.56. The van der Waals surface area contributed by atoms with Crippen molar-refractivity contribution >= 4 is 11.7 Å². The minimum atomic E-state index is -0.833. The van der Waals surface area contributed by atoms with Crippen molar-refractivity contribution < 1.29 is 13.6 Å². The molecule has 0 unspecified atom stereocenters. The molecule has 0 saturated carbocycles. The van der Waals surface area contributed by atoms with Crippen LogP contribution in [0.5, 0.6) is 0 Å². The summed E-state index contributed by atoms with van der Waals surface area (Å²) in [6.45, 7) is 4.44. The molecule has 2 aromatic heterocycles. The molecule has 0 atom stereocenters. The number of carbonyl (C=O) groups excluding carboxylic acids is 1. The Balaban J connectivity index is 1.46. The predicted octanol–water partition coefficient (Wildman–Crippen LogP) is 3.19. The molecule has 162 valence electrons. The number of piperidine rings is 1. The van der Waals surface area contributed by atoms with E-state index in [0.29, 0.717) is 31.7 Å². The molecule has 0 aliphatic carbocycles. The lowest BCUT2D eigenvalue weighted by molar-refractivity contribution is 0.178. The summed E-state index contributed by atoms with van der Waals surface area (Å²) in [6.07, 6.45) is 0.974. The third kappa shape index (κ3) is 4.18. The van der Waals surface area contributed by atoms with Gasteiger partial charge in [0, 0.05) is 24.8 Å². The predicted molar refractivity (Wildman–Crippen MR) is 110 cm³/mol. The molecule has 0 radical (unpaired) electrons. The lowest BCUT2D eigenvalue weighted by Gasteiger charge is -2.32. The van der Waals surface area contributed by atoms with Crippen molar-refractivity contribution in [2.24, 2.45) is 0 Å². The smallest absolute Gasteiger partial charge is 0.322 e. The largest absolute Gasteiger partial charge is 0.324 e. The summed E-state index contributed by atoms with van der Waals surface area (Å²) >= 11 is 0. The number of carbonyl (C=O) groups is 1. The standard InChI is InChI=1S/C21H22F2N6O2/c1-13-12-14(2)28(25-13)18-6-7-19(30)29(26-18)15-8-10-27(11-9-15)21(31)24-20-16(22)4-3-5-17(20)23/h3-7,12,15H,8-11H2,1-2H3,(H,24,31). The zero-order valence-corrected chi connectivity index (χ0v) is 17.2. The molecule has 1 N–H and O–H groups in total. The van der Waals surface area contributed by atoms with E-state index in [1.165, 1.54) is 21.7 Å². The molecular weight excluding hydrogens is 406 g/mol. The first-order valence-electron chi connectivity index (χ1n) is 9.97. The van der Waals surface area contributed by atoms with Gasteiger partial charge in [0.2, 0.25) is 0 Å². The molecule has 1 aliphatic heterocycles. The topological polar surface area (TPSA) is 85.0 Å². The Morgan fingerprint density at radius 2 is 1.74 bits per heavy atom. The maximum absolute atomic E-state index is 13.8. The van der Waals surface area contributed by atoms with Gasteiger partial charge in [0.1, 0.15) is 17.3 Å². The van der Waals surface area contributed by atoms with Crippen LogP contribution in [0.1, 0.15) is 30.3 Å². The summed E-state index contributed by atoms with van der Waals surface area (Å²) in [7, 11) is 0. The third-order valence-corrected chi connectivity index (χ3v) is 5.33. The molecule has 0 spiro atoms. The molecule has 1 fully saturated rings. The first-order chi connectivity index (χ1) is 14.8. The molecule has 4 rings (SSSR count). The second-order valence-corrected chi connectivity index (χ2v) is 7.56.